The zero-order valence-electron chi connectivity index (χ0n) is 13.8. The average Bonchev–Trinajstić information content (AvgIpc) is 3.33. The van der Waals surface area contributed by atoms with Gasteiger partial charge in [0, 0.05) is 30.5 Å². The van der Waals surface area contributed by atoms with Crippen LogP contribution in [0.2, 0.25) is 0 Å². The van der Waals surface area contributed by atoms with Gasteiger partial charge in [-0.05, 0) is 38.3 Å². The predicted molar refractivity (Wildman–Crippen MR) is 93.4 cm³/mol. The van der Waals surface area contributed by atoms with Crippen molar-refractivity contribution < 1.29 is 0 Å². The molecule has 1 aliphatic rings. The van der Waals surface area contributed by atoms with Gasteiger partial charge >= 0.3 is 0 Å². The largest absolute Gasteiger partial charge is 0.306 e. The number of aromatic nitrogens is 5. The van der Waals surface area contributed by atoms with Gasteiger partial charge in [0.1, 0.15) is 11.5 Å². The lowest BCUT2D eigenvalue weighted by Crippen LogP contribution is -2.15. The number of hydrogen-bond donors (Lipinski definition) is 0. The molecular formula is C17H19N5OS. The molecule has 0 atom stereocenters. The Kier molecular flexibility index (Phi) is 3.88. The van der Waals surface area contributed by atoms with E-state index in [9.17, 15) is 4.79 Å². The monoisotopic (exact) mass is 341 g/mol. The number of nitrogens with zero attached hydrogens (tertiary/aromatic N) is 5. The van der Waals surface area contributed by atoms with Gasteiger partial charge in [0.05, 0.1) is 5.69 Å². The van der Waals surface area contributed by atoms with Crippen LogP contribution in [-0.4, -0.2) is 24.1 Å². The third-order valence-electron chi connectivity index (χ3n) is 4.21. The Hall–Kier alpha value is -2.15. The molecule has 0 amide bonds. The number of pyridine rings is 1. The Morgan fingerprint density at radius 2 is 2.12 bits per heavy atom. The Bertz CT molecular complexity index is 957. The zero-order valence-corrected chi connectivity index (χ0v) is 14.6. The van der Waals surface area contributed by atoms with Gasteiger partial charge < -0.3 is 4.57 Å². The van der Waals surface area contributed by atoms with Gasteiger partial charge in [-0.15, -0.1) is 10.2 Å². The van der Waals surface area contributed by atoms with Crippen molar-refractivity contribution in [1.82, 2.24) is 24.1 Å². The van der Waals surface area contributed by atoms with Gasteiger partial charge in [-0.25, -0.2) is 4.98 Å². The molecule has 124 valence electrons. The molecule has 0 aliphatic heterocycles. The first-order valence-electron chi connectivity index (χ1n) is 8.20. The number of aryl methyl sites for hydroxylation is 1. The molecule has 24 heavy (non-hydrogen) atoms. The van der Waals surface area contributed by atoms with E-state index in [1.54, 1.807) is 22.2 Å². The van der Waals surface area contributed by atoms with Crippen molar-refractivity contribution in [3.63, 3.8) is 0 Å². The van der Waals surface area contributed by atoms with E-state index in [2.05, 4.69) is 26.7 Å². The first-order chi connectivity index (χ1) is 11.7. The van der Waals surface area contributed by atoms with Gasteiger partial charge in [0.15, 0.2) is 5.16 Å². The Morgan fingerprint density at radius 3 is 2.88 bits per heavy atom. The Morgan fingerprint density at radius 1 is 1.29 bits per heavy atom. The Labute approximate surface area is 143 Å². The van der Waals surface area contributed by atoms with Crippen LogP contribution in [0.1, 0.15) is 42.8 Å². The highest BCUT2D eigenvalue weighted by Crippen LogP contribution is 2.40. The molecule has 0 bridgehead atoms. The third-order valence-corrected chi connectivity index (χ3v) is 5.21. The Balaban J connectivity index is 1.59. The van der Waals surface area contributed by atoms with E-state index in [0.717, 1.165) is 28.8 Å². The zero-order chi connectivity index (χ0) is 16.7. The maximum absolute atomic E-state index is 12.3. The van der Waals surface area contributed by atoms with E-state index in [-0.39, 0.29) is 5.56 Å². The standard InChI is InChI=1S/C17H19N5OS/c1-3-21-16(12-5-6-12)19-20-17(21)24-10-13-8-15(23)22-9-11(2)4-7-14(22)18-13/h4,7-9,12H,3,5-6,10H2,1-2H3. The van der Waals surface area contributed by atoms with Crippen LogP contribution in [-0.2, 0) is 12.3 Å². The second-order valence-electron chi connectivity index (χ2n) is 6.17. The minimum atomic E-state index is -0.0464. The van der Waals surface area contributed by atoms with Gasteiger partial charge in [-0.1, -0.05) is 17.8 Å². The second kappa shape index (κ2) is 6.05. The van der Waals surface area contributed by atoms with Crippen molar-refractivity contribution in [2.45, 2.75) is 50.1 Å². The van der Waals surface area contributed by atoms with E-state index >= 15 is 0 Å². The average molecular weight is 341 g/mol. The maximum Gasteiger partial charge on any atom is 0.258 e. The lowest BCUT2D eigenvalue weighted by atomic mass is 10.3. The van der Waals surface area contributed by atoms with Crippen LogP contribution in [0, 0.1) is 6.92 Å². The fourth-order valence-corrected chi connectivity index (χ4v) is 3.72. The molecule has 3 aromatic heterocycles. The van der Waals surface area contributed by atoms with Crippen molar-refractivity contribution >= 4 is 17.4 Å². The molecule has 0 spiro atoms. The molecule has 1 fully saturated rings. The molecule has 0 radical (unpaired) electrons. The molecule has 6 nitrogen and oxygen atoms in total. The fraction of sp³-hybridized carbons (Fsp3) is 0.412. The summed E-state index contributed by atoms with van der Waals surface area (Å²) >= 11 is 1.59. The van der Waals surface area contributed by atoms with Crippen molar-refractivity contribution in [3.8, 4) is 0 Å². The van der Waals surface area contributed by atoms with Crippen molar-refractivity contribution in [2.24, 2.45) is 0 Å². The van der Waals surface area contributed by atoms with E-state index in [4.69, 9.17) is 0 Å². The molecule has 1 saturated carbocycles. The first-order valence-corrected chi connectivity index (χ1v) is 9.19. The highest BCUT2D eigenvalue weighted by molar-refractivity contribution is 7.98. The van der Waals surface area contributed by atoms with E-state index < -0.39 is 0 Å². The molecule has 1 aliphatic carbocycles. The van der Waals surface area contributed by atoms with E-state index in [1.807, 2.05) is 25.3 Å². The summed E-state index contributed by atoms with van der Waals surface area (Å²) < 4.78 is 3.77. The van der Waals surface area contributed by atoms with Crippen molar-refractivity contribution in [1.29, 1.82) is 0 Å². The van der Waals surface area contributed by atoms with Gasteiger partial charge in [-0.2, -0.15) is 0 Å². The highest BCUT2D eigenvalue weighted by atomic mass is 32.2. The second-order valence-corrected chi connectivity index (χ2v) is 7.11. The van der Waals surface area contributed by atoms with Crippen LogP contribution in [0.5, 0.6) is 0 Å². The molecule has 3 heterocycles. The van der Waals surface area contributed by atoms with Crippen LogP contribution in [0.4, 0.5) is 0 Å². The topological polar surface area (TPSA) is 65.1 Å². The first kappa shape index (κ1) is 15.4. The summed E-state index contributed by atoms with van der Waals surface area (Å²) in [7, 11) is 0. The maximum atomic E-state index is 12.3. The minimum absolute atomic E-state index is 0.0464. The van der Waals surface area contributed by atoms with Crippen molar-refractivity contribution in [2.75, 3.05) is 0 Å². The molecule has 0 aromatic carbocycles. The molecule has 7 heteroatoms. The van der Waals surface area contributed by atoms with Crippen LogP contribution >= 0.6 is 11.8 Å². The SMILES string of the molecule is CCn1c(SCc2cc(=O)n3cc(C)ccc3n2)nnc1C1CC1. The normalized spacial score (nSPS) is 14.4. The summed E-state index contributed by atoms with van der Waals surface area (Å²) in [6.07, 6.45) is 4.24. The number of hydrogen-bond acceptors (Lipinski definition) is 5. The smallest absolute Gasteiger partial charge is 0.258 e. The number of fused-ring (bicyclic) bond motifs is 1. The summed E-state index contributed by atoms with van der Waals surface area (Å²) in [4.78, 5) is 16.9. The molecule has 0 unspecified atom stereocenters. The third kappa shape index (κ3) is 2.84. The quantitative estimate of drug-likeness (QED) is 0.668. The van der Waals surface area contributed by atoms with Crippen LogP contribution in [0.15, 0.2) is 34.3 Å². The molecule has 0 N–H and O–H groups in total. The summed E-state index contributed by atoms with van der Waals surface area (Å²) in [6, 6.07) is 5.45. The molecule has 3 aromatic rings. The van der Waals surface area contributed by atoms with Gasteiger partial charge in [-0.3, -0.25) is 9.20 Å². The summed E-state index contributed by atoms with van der Waals surface area (Å²) in [5, 5.41) is 9.58. The fourth-order valence-electron chi connectivity index (χ4n) is 2.82. The van der Waals surface area contributed by atoms with Crippen molar-refractivity contribution in [3.05, 3.63) is 51.8 Å². The summed E-state index contributed by atoms with van der Waals surface area (Å²) in [5.41, 5.74) is 2.44. The van der Waals surface area contributed by atoms with Gasteiger partial charge in [0.2, 0.25) is 0 Å². The van der Waals surface area contributed by atoms with E-state index in [1.165, 1.54) is 12.8 Å². The van der Waals surface area contributed by atoms with Crippen LogP contribution < -0.4 is 5.56 Å². The number of rotatable bonds is 5. The van der Waals surface area contributed by atoms with E-state index in [0.29, 0.717) is 17.3 Å². The lowest BCUT2D eigenvalue weighted by Gasteiger charge is -2.07. The number of thioether (sulfide) groups is 1. The summed E-state index contributed by atoms with van der Waals surface area (Å²) in [5.74, 6) is 2.29. The lowest BCUT2D eigenvalue weighted by molar-refractivity contribution is 0.643. The summed E-state index contributed by atoms with van der Waals surface area (Å²) in [6.45, 7) is 4.95. The molecule has 4 rings (SSSR count). The van der Waals surface area contributed by atoms with Crippen LogP contribution in [0.3, 0.4) is 0 Å². The predicted octanol–water partition coefficient (Wildman–Crippen LogP) is 2.78. The molecule has 0 saturated heterocycles. The highest BCUT2D eigenvalue weighted by Gasteiger charge is 2.29. The van der Waals surface area contributed by atoms with Gasteiger partial charge in [0.25, 0.3) is 5.56 Å². The minimum Gasteiger partial charge on any atom is -0.306 e. The molecular weight excluding hydrogens is 322 g/mol. The van der Waals surface area contributed by atoms with Crippen LogP contribution in [0.25, 0.3) is 5.65 Å².